The normalized spacial score (nSPS) is 24.9. The lowest BCUT2D eigenvalue weighted by Crippen LogP contribution is -2.35. The van der Waals surface area contributed by atoms with Crippen molar-refractivity contribution in [3.05, 3.63) is 30.0 Å². The largest absolute Gasteiger partial charge is 0.494 e. The number of ether oxygens (including phenoxy) is 2. The highest BCUT2D eigenvalue weighted by Crippen LogP contribution is 2.39. The van der Waals surface area contributed by atoms with E-state index >= 15 is 0 Å². The highest BCUT2D eigenvalue weighted by atomic mass is 16.5. The van der Waals surface area contributed by atoms with Crippen molar-refractivity contribution >= 4 is 11.9 Å². The maximum Gasteiger partial charge on any atom is 0.142 e. The Balaban J connectivity index is 1.52. The summed E-state index contributed by atoms with van der Waals surface area (Å²) in [4.78, 5) is 7.03. The molecule has 0 saturated heterocycles. The van der Waals surface area contributed by atoms with Crippen LogP contribution in [0.3, 0.4) is 0 Å². The fraction of sp³-hybridized carbons (Fsp3) is 0.526. The number of fused-ring (bicyclic) bond motifs is 2. The molecule has 1 saturated carbocycles. The predicted octanol–water partition coefficient (Wildman–Crippen LogP) is 3.67. The Labute approximate surface area is 137 Å². The van der Waals surface area contributed by atoms with E-state index in [2.05, 4.69) is 35.2 Å². The number of rotatable bonds is 5. The van der Waals surface area contributed by atoms with Crippen molar-refractivity contribution in [2.75, 3.05) is 31.2 Å². The Kier molecular flexibility index (Phi) is 3.98. The van der Waals surface area contributed by atoms with Crippen molar-refractivity contribution in [3.8, 4) is 11.5 Å². The molecule has 122 valence electrons. The fourth-order valence-electron chi connectivity index (χ4n) is 3.44. The van der Waals surface area contributed by atoms with Gasteiger partial charge in [0.15, 0.2) is 0 Å². The summed E-state index contributed by atoms with van der Waals surface area (Å²) in [6, 6.07) is 6.12. The molecule has 1 aromatic carbocycles. The molecule has 4 heteroatoms. The Morgan fingerprint density at radius 2 is 2.22 bits per heavy atom. The van der Waals surface area contributed by atoms with Gasteiger partial charge in [-0.3, -0.25) is 4.99 Å². The van der Waals surface area contributed by atoms with E-state index in [0.717, 1.165) is 55.8 Å². The molecule has 4 nitrogen and oxygen atoms in total. The molecular weight excluding hydrogens is 288 g/mol. The van der Waals surface area contributed by atoms with Crippen LogP contribution in [0.2, 0.25) is 0 Å². The molecule has 1 aliphatic carbocycles. The molecule has 4 rings (SSSR count). The topological polar surface area (TPSA) is 34.1 Å². The second-order valence-corrected chi connectivity index (χ2v) is 6.59. The van der Waals surface area contributed by atoms with Crippen molar-refractivity contribution < 1.29 is 9.47 Å². The van der Waals surface area contributed by atoms with Crippen LogP contribution in [0.5, 0.6) is 11.5 Å². The van der Waals surface area contributed by atoms with E-state index in [1.807, 2.05) is 12.1 Å². The van der Waals surface area contributed by atoms with Crippen molar-refractivity contribution in [3.63, 3.8) is 0 Å². The standard InChI is InChI=1S/C19H24N2O2/c1-2-8-22-17-5-6-19-18(11-17)21(7-9-23-19)13-16-10-14-3-4-15(14)12-20-16/h5-6,10-12,14-15H,2-4,7-9,13H2,1H3. The number of allylic oxidation sites excluding steroid dienone is 1. The van der Waals surface area contributed by atoms with Gasteiger partial charge in [0.05, 0.1) is 31.1 Å². The molecule has 3 aliphatic rings. The molecule has 2 atom stereocenters. The summed E-state index contributed by atoms with van der Waals surface area (Å²) in [7, 11) is 0. The average molecular weight is 312 g/mol. The highest BCUT2D eigenvalue weighted by Gasteiger charge is 2.31. The van der Waals surface area contributed by atoms with Gasteiger partial charge in [0.2, 0.25) is 0 Å². The third-order valence-electron chi connectivity index (χ3n) is 4.94. The molecule has 0 N–H and O–H groups in total. The van der Waals surface area contributed by atoms with Gasteiger partial charge in [0, 0.05) is 18.2 Å². The zero-order valence-electron chi connectivity index (χ0n) is 13.7. The summed E-state index contributed by atoms with van der Waals surface area (Å²) in [6.45, 7) is 5.34. The lowest BCUT2D eigenvalue weighted by atomic mass is 9.73. The first kappa shape index (κ1) is 14.6. The van der Waals surface area contributed by atoms with E-state index in [1.165, 1.54) is 18.5 Å². The first-order chi connectivity index (χ1) is 11.3. The second-order valence-electron chi connectivity index (χ2n) is 6.59. The molecule has 23 heavy (non-hydrogen) atoms. The van der Waals surface area contributed by atoms with Crippen molar-refractivity contribution in [1.29, 1.82) is 0 Å². The summed E-state index contributed by atoms with van der Waals surface area (Å²) in [6.07, 6.45) is 8.17. The number of aliphatic imine (C=N–C) groups is 1. The summed E-state index contributed by atoms with van der Waals surface area (Å²) in [5.74, 6) is 3.29. The van der Waals surface area contributed by atoms with Crippen molar-refractivity contribution in [2.24, 2.45) is 16.8 Å². The zero-order valence-corrected chi connectivity index (χ0v) is 13.7. The van der Waals surface area contributed by atoms with Gasteiger partial charge in [-0.1, -0.05) is 13.0 Å². The Bertz CT molecular complexity index is 638. The maximum absolute atomic E-state index is 5.80. The SMILES string of the molecule is CCCOc1ccc2c(c1)N(CC1=CC3CCC3C=N1)CCO2. The number of hydrogen-bond donors (Lipinski definition) is 0. The van der Waals surface area contributed by atoms with E-state index in [0.29, 0.717) is 5.92 Å². The molecule has 1 aromatic rings. The van der Waals surface area contributed by atoms with Gasteiger partial charge in [-0.15, -0.1) is 0 Å². The molecule has 0 bridgehead atoms. The summed E-state index contributed by atoms with van der Waals surface area (Å²) in [5, 5.41) is 0. The lowest BCUT2D eigenvalue weighted by molar-refractivity contribution is 0.299. The third-order valence-corrected chi connectivity index (χ3v) is 4.94. The van der Waals surface area contributed by atoms with Gasteiger partial charge in [-0.25, -0.2) is 0 Å². The van der Waals surface area contributed by atoms with E-state index in [1.54, 1.807) is 0 Å². The summed E-state index contributed by atoms with van der Waals surface area (Å²) in [5.41, 5.74) is 2.32. The molecule has 0 spiro atoms. The smallest absolute Gasteiger partial charge is 0.142 e. The highest BCUT2D eigenvalue weighted by molar-refractivity contribution is 5.68. The van der Waals surface area contributed by atoms with Crippen LogP contribution in [-0.2, 0) is 0 Å². The molecule has 0 amide bonds. The molecule has 0 aromatic heterocycles. The number of nitrogens with zero attached hydrogens (tertiary/aromatic N) is 2. The minimum absolute atomic E-state index is 0.699. The van der Waals surface area contributed by atoms with Gasteiger partial charge in [0.1, 0.15) is 18.1 Å². The van der Waals surface area contributed by atoms with Crippen LogP contribution in [0.1, 0.15) is 26.2 Å². The quantitative estimate of drug-likeness (QED) is 0.832. The van der Waals surface area contributed by atoms with Gasteiger partial charge < -0.3 is 14.4 Å². The maximum atomic E-state index is 5.80. The summed E-state index contributed by atoms with van der Waals surface area (Å²) >= 11 is 0. The molecule has 1 fully saturated rings. The van der Waals surface area contributed by atoms with Crippen LogP contribution >= 0.6 is 0 Å². The minimum atomic E-state index is 0.699. The van der Waals surface area contributed by atoms with Gasteiger partial charge in [-0.2, -0.15) is 0 Å². The number of benzene rings is 1. The van der Waals surface area contributed by atoms with Gasteiger partial charge in [0.25, 0.3) is 0 Å². The third kappa shape index (κ3) is 2.94. The molecule has 2 heterocycles. The second kappa shape index (κ2) is 6.26. The van der Waals surface area contributed by atoms with E-state index in [9.17, 15) is 0 Å². The molecule has 2 aliphatic heterocycles. The Morgan fingerprint density at radius 1 is 1.30 bits per heavy atom. The van der Waals surface area contributed by atoms with E-state index < -0.39 is 0 Å². The summed E-state index contributed by atoms with van der Waals surface area (Å²) < 4.78 is 11.6. The fourth-order valence-corrected chi connectivity index (χ4v) is 3.44. The molecule has 2 unspecified atom stereocenters. The lowest BCUT2D eigenvalue weighted by Gasteiger charge is -2.36. The Hall–Kier alpha value is -1.97. The van der Waals surface area contributed by atoms with Crippen LogP contribution < -0.4 is 14.4 Å². The van der Waals surface area contributed by atoms with Crippen LogP contribution in [0.4, 0.5) is 5.69 Å². The number of hydrogen-bond acceptors (Lipinski definition) is 4. The van der Waals surface area contributed by atoms with Crippen LogP contribution in [0.15, 0.2) is 35.0 Å². The van der Waals surface area contributed by atoms with Crippen LogP contribution in [0, 0.1) is 11.8 Å². The monoisotopic (exact) mass is 312 g/mol. The Morgan fingerprint density at radius 3 is 3.00 bits per heavy atom. The zero-order chi connectivity index (χ0) is 15.6. The van der Waals surface area contributed by atoms with Crippen molar-refractivity contribution in [2.45, 2.75) is 26.2 Å². The molecule has 0 radical (unpaired) electrons. The first-order valence-corrected chi connectivity index (χ1v) is 8.73. The van der Waals surface area contributed by atoms with E-state index in [4.69, 9.17) is 9.47 Å². The first-order valence-electron chi connectivity index (χ1n) is 8.73. The molecular formula is C19H24N2O2. The van der Waals surface area contributed by atoms with Gasteiger partial charge in [-0.05, 0) is 37.3 Å². The minimum Gasteiger partial charge on any atom is -0.494 e. The van der Waals surface area contributed by atoms with Crippen LogP contribution in [0.25, 0.3) is 0 Å². The van der Waals surface area contributed by atoms with E-state index in [-0.39, 0.29) is 0 Å². The average Bonchev–Trinajstić information content (AvgIpc) is 2.56. The van der Waals surface area contributed by atoms with Crippen molar-refractivity contribution in [1.82, 2.24) is 0 Å². The number of anilines is 1. The van der Waals surface area contributed by atoms with Gasteiger partial charge >= 0.3 is 0 Å². The predicted molar refractivity (Wildman–Crippen MR) is 92.7 cm³/mol. The van der Waals surface area contributed by atoms with Crippen LogP contribution in [-0.4, -0.2) is 32.5 Å².